The molecular formula is C17H23N5OS. The maximum Gasteiger partial charge on any atom is 0.192 e. The van der Waals surface area contributed by atoms with Gasteiger partial charge >= 0.3 is 0 Å². The molecule has 1 aliphatic rings. The Bertz CT molecular complexity index is 672. The van der Waals surface area contributed by atoms with Crippen molar-refractivity contribution < 1.29 is 4.79 Å². The Kier molecular flexibility index (Phi) is 5.63. The van der Waals surface area contributed by atoms with Gasteiger partial charge in [-0.2, -0.15) is 11.8 Å². The van der Waals surface area contributed by atoms with Crippen LogP contribution in [0.2, 0.25) is 0 Å². The lowest BCUT2D eigenvalue weighted by Crippen LogP contribution is -2.39. The topological polar surface area (TPSA) is 63.9 Å². The maximum atomic E-state index is 11.2. The van der Waals surface area contributed by atoms with E-state index in [1.165, 1.54) is 5.56 Å². The number of hydrogen-bond acceptors (Lipinski definition) is 6. The Morgan fingerprint density at radius 1 is 1.33 bits per heavy atom. The van der Waals surface area contributed by atoms with Crippen LogP contribution in [0.1, 0.15) is 36.7 Å². The van der Waals surface area contributed by atoms with Crippen molar-refractivity contribution in [3.63, 3.8) is 0 Å². The third kappa shape index (κ3) is 3.84. The number of piperidine rings is 1. The van der Waals surface area contributed by atoms with Crippen LogP contribution in [0.5, 0.6) is 0 Å². The molecule has 0 radical (unpaired) electrons. The summed E-state index contributed by atoms with van der Waals surface area (Å²) in [6, 6.07) is 8.22. The van der Waals surface area contributed by atoms with Gasteiger partial charge in [0.15, 0.2) is 5.82 Å². The standard InChI is InChI=1S/C17H23N5OS/c1-13-6-8-14(9-7-13)22-19-17(18-20-22)16-5-3-4-10-21(16)11-15(12-23)24-2/h6-9,12,15-16H,3-5,10-11H2,1-2H3/t15?,16-/m1/s1. The first-order valence-electron chi connectivity index (χ1n) is 8.30. The summed E-state index contributed by atoms with van der Waals surface area (Å²) in [5.41, 5.74) is 2.12. The summed E-state index contributed by atoms with van der Waals surface area (Å²) < 4.78 is 0. The molecule has 6 nitrogen and oxygen atoms in total. The zero-order chi connectivity index (χ0) is 16.9. The normalized spacial score (nSPS) is 20.0. The van der Waals surface area contributed by atoms with Crippen molar-refractivity contribution in [1.82, 2.24) is 25.1 Å². The number of likely N-dealkylation sites (tertiary alicyclic amines) is 1. The van der Waals surface area contributed by atoms with Crippen LogP contribution >= 0.6 is 11.8 Å². The highest BCUT2D eigenvalue weighted by Crippen LogP contribution is 2.29. The number of benzene rings is 1. The Morgan fingerprint density at radius 2 is 2.12 bits per heavy atom. The Labute approximate surface area is 146 Å². The van der Waals surface area contributed by atoms with Gasteiger partial charge in [-0.25, -0.2) is 0 Å². The van der Waals surface area contributed by atoms with Crippen LogP contribution in [0.4, 0.5) is 0 Å². The van der Waals surface area contributed by atoms with Crippen LogP contribution in [-0.4, -0.2) is 56.0 Å². The van der Waals surface area contributed by atoms with Crippen molar-refractivity contribution in [3.05, 3.63) is 35.7 Å². The number of thioether (sulfide) groups is 1. The number of aromatic nitrogens is 4. The van der Waals surface area contributed by atoms with E-state index in [9.17, 15) is 4.79 Å². The summed E-state index contributed by atoms with van der Waals surface area (Å²) in [5, 5.41) is 13.1. The van der Waals surface area contributed by atoms with Crippen molar-refractivity contribution in [2.24, 2.45) is 0 Å². The van der Waals surface area contributed by atoms with Crippen molar-refractivity contribution in [2.75, 3.05) is 19.3 Å². The molecule has 0 amide bonds. The number of carbonyl (C=O) groups is 1. The minimum absolute atomic E-state index is 0.00209. The van der Waals surface area contributed by atoms with Gasteiger partial charge in [-0.15, -0.1) is 15.0 Å². The van der Waals surface area contributed by atoms with E-state index in [2.05, 4.69) is 27.2 Å². The second kappa shape index (κ2) is 7.90. The molecule has 1 aromatic heterocycles. The highest BCUT2D eigenvalue weighted by Gasteiger charge is 2.29. The van der Waals surface area contributed by atoms with E-state index in [1.54, 1.807) is 16.6 Å². The van der Waals surface area contributed by atoms with Gasteiger partial charge in [0.25, 0.3) is 0 Å². The number of carbonyl (C=O) groups excluding carboxylic acids is 1. The molecular weight excluding hydrogens is 322 g/mol. The summed E-state index contributed by atoms with van der Waals surface area (Å²) >= 11 is 1.59. The van der Waals surface area contributed by atoms with Gasteiger partial charge in [0.05, 0.1) is 17.0 Å². The van der Waals surface area contributed by atoms with Crippen LogP contribution in [-0.2, 0) is 4.79 Å². The van der Waals surface area contributed by atoms with E-state index in [0.717, 1.165) is 50.1 Å². The van der Waals surface area contributed by atoms with E-state index < -0.39 is 0 Å². The molecule has 1 saturated heterocycles. The minimum atomic E-state index is -0.00209. The average Bonchev–Trinajstić information content (AvgIpc) is 3.10. The van der Waals surface area contributed by atoms with Crippen LogP contribution in [0.15, 0.2) is 24.3 Å². The number of rotatable bonds is 6. The summed E-state index contributed by atoms with van der Waals surface area (Å²) in [4.78, 5) is 15.1. The van der Waals surface area contributed by atoms with Gasteiger partial charge in [0.2, 0.25) is 0 Å². The quantitative estimate of drug-likeness (QED) is 0.749. The fourth-order valence-corrected chi connectivity index (χ4v) is 3.50. The molecule has 0 saturated carbocycles. The average molecular weight is 345 g/mol. The fraction of sp³-hybridized carbons (Fsp3) is 0.529. The van der Waals surface area contributed by atoms with Gasteiger partial charge in [0.1, 0.15) is 6.29 Å². The molecule has 0 bridgehead atoms. The van der Waals surface area contributed by atoms with Gasteiger partial charge < -0.3 is 4.79 Å². The van der Waals surface area contributed by atoms with Crippen molar-refractivity contribution in [1.29, 1.82) is 0 Å². The molecule has 1 fully saturated rings. The number of aldehydes is 1. The molecule has 2 aromatic rings. The summed E-state index contributed by atoms with van der Waals surface area (Å²) in [6.07, 6.45) is 6.34. The second-order valence-corrected chi connectivity index (χ2v) is 7.27. The lowest BCUT2D eigenvalue weighted by molar-refractivity contribution is -0.107. The monoisotopic (exact) mass is 345 g/mol. The molecule has 24 heavy (non-hydrogen) atoms. The first kappa shape index (κ1) is 17.1. The van der Waals surface area contributed by atoms with Crippen molar-refractivity contribution in [2.45, 2.75) is 37.5 Å². The number of aryl methyl sites for hydroxylation is 1. The first-order chi connectivity index (χ1) is 11.7. The molecule has 3 rings (SSSR count). The Morgan fingerprint density at radius 3 is 2.83 bits per heavy atom. The van der Waals surface area contributed by atoms with E-state index in [4.69, 9.17) is 0 Å². The molecule has 0 N–H and O–H groups in total. The molecule has 2 atom stereocenters. The molecule has 1 unspecified atom stereocenters. The van der Waals surface area contributed by atoms with E-state index in [0.29, 0.717) is 0 Å². The highest BCUT2D eigenvalue weighted by molar-refractivity contribution is 7.99. The first-order valence-corrected chi connectivity index (χ1v) is 9.59. The van der Waals surface area contributed by atoms with Crippen LogP contribution in [0.3, 0.4) is 0 Å². The highest BCUT2D eigenvalue weighted by atomic mass is 32.2. The Balaban J connectivity index is 1.78. The molecule has 1 aromatic carbocycles. The fourth-order valence-electron chi connectivity index (χ4n) is 3.05. The zero-order valence-electron chi connectivity index (χ0n) is 14.1. The molecule has 128 valence electrons. The lowest BCUT2D eigenvalue weighted by Gasteiger charge is -2.34. The third-order valence-electron chi connectivity index (χ3n) is 4.47. The summed E-state index contributed by atoms with van der Waals surface area (Å²) in [6.45, 7) is 3.78. The predicted molar refractivity (Wildman–Crippen MR) is 95.4 cm³/mol. The van der Waals surface area contributed by atoms with E-state index >= 15 is 0 Å². The minimum Gasteiger partial charge on any atom is -0.302 e. The van der Waals surface area contributed by atoms with Gasteiger partial charge in [-0.05, 0) is 49.9 Å². The third-order valence-corrected chi connectivity index (χ3v) is 5.34. The van der Waals surface area contributed by atoms with Gasteiger partial charge in [0, 0.05) is 6.54 Å². The Hall–Kier alpha value is -1.73. The number of nitrogens with zero attached hydrogens (tertiary/aromatic N) is 5. The smallest absolute Gasteiger partial charge is 0.192 e. The maximum absolute atomic E-state index is 11.2. The second-order valence-electron chi connectivity index (χ2n) is 6.19. The molecule has 0 spiro atoms. The molecule has 7 heteroatoms. The SMILES string of the molecule is CSC(C=O)CN1CCCC[C@@H]1c1nnn(-c2ccc(C)cc2)n1. The van der Waals surface area contributed by atoms with Gasteiger partial charge in [-0.1, -0.05) is 24.1 Å². The van der Waals surface area contributed by atoms with Crippen LogP contribution in [0, 0.1) is 6.92 Å². The zero-order valence-corrected chi connectivity index (χ0v) is 14.9. The van der Waals surface area contributed by atoms with Crippen LogP contribution < -0.4 is 0 Å². The largest absolute Gasteiger partial charge is 0.302 e. The molecule has 1 aliphatic heterocycles. The summed E-state index contributed by atoms with van der Waals surface area (Å²) in [7, 11) is 0. The predicted octanol–water partition coefficient (Wildman–Crippen LogP) is 2.43. The van der Waals surface area contributed by atoms with E-state index in [1.807, 2.05) is 30.5 Å². The van der Waals surface area contributed by atoms with E-state index in [-0.39, 0.29) is 11.3 Å². The molecule has 0 aliphatic carbocycles. The number of tetrazole rings is 1. The number of hydrogen-bond donors (Lipinski definition) is 0. The van der Waals surface area contributed by atoms with Gasteiger partial charge in [-0.3, -0.25) is 4.90 Å². The van der Waals surface area contributed by atoms with Crippen LogP contribution in [0.25, 0.3) is 5.69 Å². The summed E-state index contributed by atoms with van der Waals surface area (Å²) in [5.74, 6) is 0.751. The van der Waals surface area contributed by atoms with Crippen molar-refractivity contribution >= 4 is 18.0 Å². The lowest BCUT2D eigenvalue weighted by atomic mass is 10.0. The molecule has 2 heterocycles. The van der Waals surface area contributed by atoms with Crippen molar-refractivity contribution in [3.8, 4) is 5.69 Å².